The van der Waals surface area contributed by atoms with E-state index in [1.54, 1.807) is 10.8 Å². The van der Waals surface area contributed by atoms with E-state index >= 15 is 0 Å². The van der Waals surface area contributed by atoms with Crippen molar-refractivity contribution in [3.05, 3.63) is 109 Å². The van der Waals surface area contributed by atoms with Crippen LogP contribution in [0.1, 0.15) is 17.1 Å². The van der Waals surface area contributed by atoms with Crippen LogP contribution in [0.3, 0.4) is 0 Å². The van der Waals surface area contributed by atoms with Crippen LogP contribution in [0.2, 0.25) is 0 Å². The summed E-state index contributed by atoms with van der Waals surface area (Å²) in [5.41, 5.74) is 8.58. The third-order valence-corrected chi connectivity index (χ3v) is 6.75. The molecule has 0 aliphatic carbocycles. The van der Waals surface area contributed by atoms with E-state index in [-0.39, 0.29) is 0 Å². The van der Waals surface area contributed by atoms with Crippen molar-refractivity contribution in [1.82, 2.24) is 37.6 Å². The Morgan fingerprint density at radius 3 is 2.59 bits per heavy atom. The molecular weight excluding hydrogens is 575 g/mol. The van der Waals surface area contributed by atoms with Gasteiger partial charge in [-0.3, -0.25) is 9.97 Å². The van der Waals surface area contributed by atoms with E-state index in [4.69, 9.17) is 9.97 Å². The van der Waals surface area contributed by atoms with Crippen molar-refractivity contribution >= 4 is 28.5 Å². The standard InChI is InChI=1S/C28H23IN8/c1-19-7-6-11-24(33-19)28-27(21-12-13-26-31-18-32-37(26)16-21)34-25(35-28)17-36(29)15-20-8-2-3-9-22(20)23-10-4-5-14-30-23/h2-14,16,18H,15,17H2,1H3,(H,34,35). The normalized spacial score (nSPS) is 11.4. The van der Waals surface area contributed by atoms with Gasteiger partial charge >= 0.3 is 0 Å². The highest BCUT2D eigenvalue weighted by Gasteiger charge is 2.18. The number of halogens is 1. The maximum absolute atomic E-state index is 5.01. The minimum Gasteiger partial charge on any atom is -0.340 e. The van der Waals surface area contributed by atoms with Crippen LogP contribution in [0.25, 0.3) is 39.5 Å². The van der Waals surface area contributed by atoms with Crippen molar-refractivity contribution in [2.45, 2.75) is 20.0 Å². The monoisotopic (exact) mass is 598 g/mol. The zero-order valence-electron chi connectivity index (χ0n) is 20.1. The Kier molecular flexibility index (Phi) is 6.46. The number of benzene rings is 1. The quantitative estimate of drug-likeness (QED) is 0.182. The van der Waals surface area contributed by atoms with E-state index in [1.807, 2.05) is 67.8 Å². The summed E-state index contributed by atoms with van der Waals surface area (Å²) in [5, 5.41) is 4.30. The lowest BCUT2D eigenvalue weighted by atomic mass is 10.0. The van der Waals surface area contributed by atoms with Crippen LogP contribution in [-0.2, 0) is 13.1 Å². The summed E-state index contributed by atoms with van der Waals surface area (Å²) in [6.07, 6.45) is 5.34. The van der Waals surface area contributed by atoms with Gasteiger partial charge in [-0.15, -0.1) is 0 Å². The first kappa shape index (κ1) is 23.4. The first-order chi connectivity index (χ1) is 18.1. The molecule has 0 amide bonds. The SMILES string of the molecule is Cc1cccc(-c2nc(CN(I)Cc3ccccc3-c3ccccn3)[nH]c2-c2ccc3ncnn3c2)n1. The summed E-state index contributed by atoms with van der Waals surface area (Å²) in [6.45, 7) is 3.36. The van der Waals surface area contributed by atoms with Crippen molar-refractivity contribution < 1.29 is 0 Å². The zero-order valence-corrected chi connectivity index (χ0v) is 22.2. The molecule has 0 aliphatic heterocycles. The second-order valence-electron chi connectivity index (χ2n) is 8.70. The van der Waals surface area contributed by atoms with Crippen LogP contribution in [0.5, 0.6) is 0 Å². The van der Waals surface area contributed by atoms with Gasteiger partial charge in [0.05, 0.1) is 23.6 Å². The van der Waals surface area contributed by atoms with Crippen molar-refractivity contribution in [3.8, 4) is 33.9 Å². The topological polar surface area (TPSA) is 87.9 Å². The molecular formula is C28H23IN8. The predicted molar refractivity (Wildman–Crippen MR) is 151 cm³/mol. The molecule has 1 aromatic carbocycles. The average Bonchev–Trinajstić information content (AvgIpc) is 3.56. The fraction of sp³-hybridized carbons (Fsp3) is 0.107. The van der Waals surface area contributed by atoms with E-state index in [9.17, 15) is 0 Å². The van der Waals surface area contributed by atoms with Gasteiger partial charge in [0.25, 0.3) is 0 Å². The molecule has 0 saturated carbocycles. The number of nitrogens with zero attached hydrogens (tertiary/aromatic N) is 7. The molecule has 0 unspecified atom stereocenters. The summed E-state index contributed by atoms with van der Waals surface area (Å²) in [7, 11) is 0. The van der Waals surface area contributed by atoms with Crippen LogP contribution in [0, 0.1) is 6.92 Å². The molecule has 0 spiro atoms. The number of fused-ring (bicyclic) bond motifs is 1. The molecule has 0 bridgehead atoms. The summed E-state index contributed by atoms with van der Waals surface area (Å²) < 4.78 is 3.98. The van der Waals surface area contributed by atoms with Gasteiger partial charge in [-0.25, -0.2) is 17.6 Å². The van der Waals surface area contributed by atoms with Gasteiger partial charge in [-0.1, -0.05) is 36.4 Å². The maximum atomic E-state index is 5.01. The third-order valence-electron chi connectivity index (χ3n) is 6.07. The van der Waals surface area contributed by atoms with E-state index in [0.29, 0.717) is 6.54 Å². The van der Waals surface area contributed by atoms with Crippen molar-refractivity contribution in [3.63, 3.8) is 0 Å². The molecule has 0 aliphatic rings. The molecule has 5 heterocycles. The van der Waals surface area contributed by atoms with Crippen LogP contribution in [-0.4, -0.2) is 37.6 Å². The Hall–Kier alpha value is -3.96. The largest absolute Gasteiger partial charge is 0.340 e. The van der Waals surface area contributed by atoms with Crippen LogP contribution in [0.15, 0.2) is 91.5 Å². The fourth-order valence-electron chi connectivity index (χ4n) is 4.36. The number of hydrogen-bond acceptors (Lipinski definition) is 6. The van der Waals surface area contributed by atoms with Crippen molar-refractivity contribution in [2.24, 2.45) is 0 Å². The number of aromatic amines is 1. The Bertz CT molecular complexity index is 1670. The minimum atomic E-state index is 0.626. The van der Waals surface area contributed by atoms with E-state index < -0.39 is 0 Å². The number of aryl methyl sites for hydroxylation is 1. The molecule has 6 aromatic rings. The molecule has 8 nitrogen and oxygen atoms in total. The third kappa shape index (κ3) is 5.00. The summed E-state index contributed by atoms with van der Waals surface area (Å²) in [6, 6.07) is 24.4. The van der Waals surface area contributed by atoms with Gasteiger partial charge in [-0.2, -0.15) is 5.10 Å². The van der Waals surface area contributed by atoms with Gasteiger partial charge in [0.2, 0.25) is 0 Å². The Balaban J connectivity index is 1.33. The number of hydrogen-bond donors (Lipinski definition) is 1. The number of H-pyrrole nitrogens is 1. The number of nitrogens with one attached hydrogen (secondary N) is 1. The van der Waals surface area contributed by atoms with E-state index in [2.05, 4.69) is 70.3 Å². The molecule has 1 N–H and O–H groups in total. The molecule has 0 radical (unpaired) electrons. The highest BCUT2D eigenvalue weighted by Crippen LogP contribution is 2.31. The lowest BCUT2D eigenvalue weighted by molar-refractivity contribution is 0.490. The lowest BCUT2D eigenvalue weighted by Gasteiger charge is -2.16. The van der Waals surface area contributed by atoms with Crippen LogP contribution >= 0.6 is 22.9 Å². The number of imidazole rings is 1. The Labute approximate surface area is 228 Å². The van der Waals surface area contributed by atoms with Gasteiger partial charge in [0.1, 0.15) is 17.8 Å². The molecule has 6 rings (SSSR count). The highest BCUT2D eigenvalue weighted by molar-refractivity contribution is 14.1. The van der Waals surface area contributed by atoms with Gasteiger partial charge < -0.3 is 4.98 Å². The average molecular weight is 598 g/mol. The molecule has 182 valence electrons. The second kappa shape index (κ2) is 10.2. The van der Waals surface area contributed by atoms with E-state index in [1.165, 1.54) is 5.56 Å². The number of pyridine rings is 3. The van der Waals surface area contributed by atoms with Crippen molar-refractivity contribution in [2.75, 3.05) is 0 Å². The fourth-order valence-corrected chi connectivity index (χ4v) is 5.06. The summed E-state index contributed by atoms with van der Waals surface area (Å²) in [5.74, 6) is 0.858. The van der Waals surface area contributed by atoms with Gasteiger partial charge in [-0.05, 0) is 48.9 Å². The Morgan fingerprint density at radius 2 is 1.73 bits per heavy atom. The lowest BCUT2D eigenvalue weighted by Crippen LogP contribution is -2.12. The minimum absolute atomic E-state index is 0.626. The van der Waals surface area contributed by atoms with Crippen LogP contribution < -0.4 is 0 Å². The second-order valence-corrected chi connectivity index (χ2v) is 10.1. The molecule has 0 atom stereocenters. The first-order valence-electron chi connectivity index (χ1n) is 11.9. The molecule has 9 heteroatoms. The zero-order chi connectivity index (χ0) is 25.2. The first-order valence-corrected chi connectivity index (χ1v) is 12.8. The van der Waals surface area contributed by atoms with Crippen molar-refractivity contribution in [1.29, 1.82) is 0 Å². The number of aromatic nitrogens is 7. The molecule has 0 saturated heterocycles. The van der Waals surface area contributed by atoms with Crippen LogP contribution in [0.4, 0.5) is 0 Å². The van der Waals surface area contributed by atoms with Gasteiger partial charge in [0, 0.05) is 58.6 Å². The maximum Gasteiger partial charge on any atom is 0.155 e. The number of rotatable bonds is 7. The summed E-state index contributed by atoms with van der Waals surface area (Å²) >= 11 is 2.37. The van der Waals surface area contributed by atoms with E-state index in [0.717, 1.165) is 57.6 Å². The highest BCUT2D eigenvalue weighted by atomic mass is 127. The molecule has 37 heavy (non-hydrogen) atoms. The van der Waals surface area contributed by atoms with Gasteiger partial charge in [0.15, 0.2) is 5.65 Å². The molecule has 5 aromatic heterocycles. The molecule has 0 fully saturated rings. The summed E-state index contributed by atoms with van der Waals surface area (Å²) in [4.78, 5) is 22.1. The smallest absolute Gasteiger partial charge is 0.155 e. The Morgan fingerprint density at radius 1 is 0.865 bits per heavy atom. The predicted octanol–water partition coefficient (Wildman–Crippen LogP) is 5.90.